The largest absolute Gasteiger partial charge is 0.460 e. The van der Waals surface area contributed by atoms with E-state index in [-0.39, 0.29) is 12.4 Å². The van der Waals surface area contributed by atoms with Crippen molar-refractivity contribution < 1.29 is 19.1 Å². The average molecular weight is 384 g/mol. The Morgan fingerprint density at radius 1 is 1.18 bits per heavy atom. The summed E-state index contributed by atoms with van der Waals surface area (Å²) < 4.78 is 10.4. The van der Waals surface area contributed by atoms with Crippen molar-refractivity contribution in [2.24, 2.45) is 0 Å². The first-order chi connectivity index (χ1) is 13.4. The van der Waals surface area contributed by atoms with Gasteiger partial charge >= 0.3 is 5.97 Å². The summed E-state index contributed by atoms with van der Waals surface area (Å²) in [5.74, 6) is -0.714. The van der Waals surface area contributed by atoms with E-state index < -0.39 is 11.9 Å². The van der Waals surface area contributed by atoms with Crippen LogP contribution in [0.1, 0.15) is 37.7 Å². The lowest BCUT2D eigenvalue weighted by Gasteiger charge is -2.34. The monoisotopic (exact) mass is 384 g/mol. The normalized spacial score (nSPS) is 19.3. The number of carbonyl (C=O) groups is 2. The van der Waals surface area contributed by atoms with Crippen molar-refractivity contribution in [2.75, 3.05) is 39.3 Å². The van der Waals surface area contributed by atoms with Gasteiger partial charge in [0.2, 0.25) is 0 Å². The van der Waals surface area contributed by atoms with Crippen molar-refractivity contribution in [1.29, 1.82) is 0 Å². The third-order valence-corrected chi connectivity index (χ3v) is 5.26. The fourth-order valence-electron chi connectivity index (χ4n) is 3.85. The molecular formula is C22H28N2O4. The fraction of sp³-hybridized carbons (Fsp3) is 0.455. The van der Waals surface area contributed by atoms with Crippen LogP contribution in [0.4, 0.5) is 5.69 Å². The van der Waals surface area contributed by atoms with Gasteiger partial charge < -0.3 is 19.7 Å². The van der Waals surface area contributed by atoms with Crippen LogP contribution in [0.25, 0.3) is 0 Å². The number of esters is 1. The van der Waals surface area contributed by atoms with E-state index in [1.807, 2.05) is 50.2 Å². The topological polar surface area (TPSA) is 67.9 Å². The van der Waals surface area contributed by atoms with Gasteiger partial charge in [-0.1, -0.05) is 12.1 Å². The molecule has 0 amide bonds. The Bertz CT molecular complexity index is 821. The maximum atomic E-state index is 12.9. The third kappa shape index (κ3) is 3.97. The zero-order valence-electron chi connectivity index (χ0n) is 17.0. The predicted octanol–water partition coefficient (Wildman–Crippen LogP) is 2.91. The molecule has 0 saturated heterocycles. The number of ether oxygens (including phenoxy) is 2. The van der Waals surface area contributed by atoms with Gasteiger partial charge in [-0.2, -0.15) is 0 Å². The van der Waals surface area contributed by atoms with Gasteiger partial charge in [-0.3, -0.25) is 4.79 Å². The maximum absolute atomic E-state index is 12.9. The van der Waals surface area contributed by atoms with Gasteiger partial charge in [-0.15, -0.1) is 0 Å². The van der Waals surface area contributed by atoms with Crippen molar-refractivity contribution in [3.8, 4) is 0 Å². The van der Waals surface area contributed by atoms with Gasteiger partial charge in [0.05, 0.1) is 12.2 Å². The predicted molar refractivity (Wildman–Crippen MR) is 108 cm³/mol. The minimum Gasteiger partial charge on any atom is -0.460 e. The van der Waals surface area contributed by atoms with Crippen LogP contribution in [0.3, 0.4) is 0 Å². The number of hydrogen-bond acceptors (Lipinski definition) is 6. The number of hydrogen-bond donors (Lipinski definition) is 1. The lowest BCUT2D eigenvalue weighted by atomic mass is 9.75. The summed E-state index contributed by atoms with van der Waals surface area (Å²) in [6.07, 6.45) is 2.16. The Morgan fingerprint density at radius 3 is 2.54 bits per heavy atom. The molecule has 1 heterocycles. The van der Waals surface area contributed by atoms with Crippen LogP contribution in [0.15, 0.2) is 46.8 Å². The zero-order valence-corrected chi connectivity index (χ0v) is 17.0. The molecule has 0 saturated carbocycles. The zero-order chi connectivity index (χ0) is 20.3. The van der Waals surface area contributed by atoms with Gasteiger partial charge in [0.1, 0.15) is 6.61 Å². The summed E-state index contributed by atoms with van der Waals surface area (Å²) in [6.45, 7) is 2.38. The first-order valence-corrected chi connectivity index (χ1v) is 9.61. The average Bonchev–Trinajstić information content (AvgIpc) is 2.67. The molecule has 1 N–H and O–H groups in total. The quantitative estimate of drug-likeness (QED) is 0.601. The van der Waals surface area contributed by atoms with Crippen LogP contribution in [0.2, 0.25) is 0 Å². The Kier molecular flexibility index (Phi) is 6.19. The van der Waals surface area contributed by atoms with Crippen LogP contribution >= 0.6 is 0 Å². The number of benzene rings is 1. The van der Waals surface area contributed by atoms with Crippen molar-refractivity contribution in [2.45, 2.75) is 32.1 Å². The summed E-state index contributed by atoms with van der Waals surface area (Å²) in [4.78, 5) is 27.7. The summed E-state index contributed by atoms with van der Waals surface area (Å²) in [5.41, 5.74) is 4.87. The summed E-state index contributed by atoms with van der Waals surface area (Å²) in [5, 5.41) is 3.30. The second-order valence-electron chi connectivity index (χ2n) is 7.38. The highest BCUT2D eigenvalue weighted by atomic mass is 16.6. The number of Topliss-reactive ketones (excluding diaryl/α,β-unsaturated/α-hetero) is 1. The Morgan fingerprint density at radius 2 is 1.89 bits per heavy atom. The summed E-state index contributed by atoms with van der Waals surface area (Å²) in [6, 6.07) is 8.00. The SMILES string of the molecule is COCCOC(=O)C1=C(C)NC2=C(C(=O)CCC2)[C@@H]1c1ccc(N(C)C)cc1. The molecule has 1 aromatic carbocycles. The van der Waals surface area contributed by atoms with E-state index in [4.69, 9.17) is 9.47 Å². The highest BCUT2D eigenvalue weighted by Crippen LogP contribution is 2.42. The fourth-order valence-corrected chi connectivity index (χ4v) is 3.85. The lowest BCUT2D eigenvalue weighted by Crippen LogP contribution is -2.34. The molecule has 6 heteroatoms. The number of dihydropyridines is 1. The second-order valence-corrected chi connectivity index (χ2v) is 7.38. The van der Waals surface area contributed by atoms with Gasteiger partial charge in [-0.05, 0) is 37.5 Å². The van der Waals surface area contributed by atoms with Crippen molar-refractivity contribution in [3.63, 3.8) is 0 Å². The molecule has 2 aliphatic rings. The molecule has 0 bridgehead atoms. The minimum absolute atomic E-state index is 0.102. The van der Waals surface area contributed by atoms with E-state index in [9.17, 15) is 9.59 Å². The van der Waals surface area contributed by atoms with E-state index in [1.165, 1.54) is 0 Å². The molecule has 1 aromatic rings. The van der Waals surface area contributed by atoms with Crippen LogP contribution < -0.4 is 10.2 Å². The molecule has 0 spiro atoms. The molecule has 28 heavy (non-hydrogen) atoms. The summed E-state index contributed by atoms with van der Waals surface area (Å²) >= 11 is 0. The Hall–Kier alpha value is -2.60. The highest BCUT2D eigenvalue weighted by Gasteiger charge is 2.39. The van der Waals surface area contributed by atoms with Crippen molar-refractivity contribution in [1.82, 2.24) is 5.32 Å². The minimum atomic E-state index is -0.409. The van der Waals surface area contributed by atoms with Gasteiger partial charge in [0, 0.05) is 56.2 Å². The number of rotatable bonds is 6. The van der Waals surface area contributed by atoms with Crippen molar-refractivity contribution >= 4 is 17.4 Å². The van der Waals surface area contributed by atoms with E-state index in [1.54, 1.807) is 7.11 Å². The Balaban J connectivity index is 2.03. The molecule has 0 aromatic heterocycles. The molecule has 6 nitrogen and oxygen atoms in total. The molecule has 1 aliphatic heterocycles. The molecule has 1 aliphatic carbocycles. The number of ketones is 1. The number of nitrogens with one attached hydrogen (secondary N) is 1. The smallest absolute Gasteiger partial charge is 0.336 e. The van der Waals surface area contributed by atoms with Crippen LogP contribution in [-0.4, -0.2) is 46.2 Å². The van der Waals surface area contributed by atoms with Crippen LogP contribution in [-0.2, 0) is 19.1 Å². The van der Waals surface area contributed by atoms with E-state index in [0.717, 1.165) is 35.5 Å². The van der Waals surface area contributed by atoms with E-state index in [2.05, 4.69) is 5.32 Å². The molecule has 0 radical (unpaired) electrons. The highest BCUT2D eigenvalue weighted by molar-refractivity contribution is 6.03. The van der Waals surface area contributed by atoms with Gasteiger partial charge in [-0.25, -0.2) is 4.79 Å². The number of carbonyl (C=O) groups excluding carboxylic acids is 2. The van der Waals surface area contributed by atoms with Gasteiger partial charge in [0.15, 0.2) is 5.78 Å². The molecule has 1 atom stereocenters. The molecule has 0 fully saturated rings. The third-order valence-electron chi connectivity index (χ3n) is 5.26. The molecule has 150 valence electrons. The number of methoxy groups -OCH3 is 1. The van der Waals surface area contributed by atoms with Crippen molar-refractivity contribution in [3.05, 3.63) is 52.4 Å². The van der Waals surface area contributed by atoms with Crippen LogP contribution in [0.5, 0.6) is 0 Å². The van der Waals surface area contributed by atoms with E-state index >= 15 is 0 Å². The molecule has 3 rings (SSSR count). The van der Waals surface area contributed by atoms with E-state index in [0.29, 0.717) is 24.2 Å². The summed E-state index contributed by atoms with van der Waals surface area (Å²) in [7, 11) is 5.52. The molecule has 0 unspecified atom stereocenters. The Labute approximate surface area is 166 Å². The lowest BCUT2D eigenvalue weighted by molar-refractivity contribution is -0.140. The number of nitrogens with zero attached hydrogens (tertiary/aromatic N) is 1. The first-order valence-electron chi connectivity index (χ1n) is 9.61. The maximum Gasteiger partial charge on any atom is 0.336 e. The van der Waals surface area contributed by atoms with Gasteiger partial charge in [0.25, 0.3) is 0 Å². The number of allylic oxidation sites excluding steroid dienone is 3. The number of anilines is 1. The van der Waals surface area contributed by atoms with Crippen LogP contribution in [0, 0.1) is 0 Å². The first kappa shape index (κ1) is 20.1. The molecular weight excluding hydrogens is 356 g/mol. The second kappa shape index (κ2) is 8.61. The standard InChI is InChI=1S/C22H28N2O4/c1-14-19(22(26)28-13-12-27-4)20(15-8-10-16(11-9-15)24(2)3)21-17(23-14)6-5-7-18(21)25/h8-11,20,23H,5-7,12-13H2,1-4H3/t20-/m1/s1.